The average molecular weight is 180 g/mol. The van der Waals surface area contributed by atoms with Gasteiger partial charge in [0.25, 0.3) is 0 Å². The Hall–Kier alpha value is -0.890. The molecule has 0 aromatic heterocycles. The molecule has 0 aliphatic rings. The quantitative estimate of drug-likeness (QED) is 0.680. The van der Waals surface area contributed by atoms with E-state index in [1.165, 1.54) is 12.1 Å². The lowest BCUT2D eigenvalue weighted by atomic mass is 9.95. The third kappa shape index (κ3) is 2.81. The minimum atomic E-state index is -0.202. The van der Waals surface area contributed by atoms with Crippen molar-refractivity contribution in [2.75, 3.05) is 6.54 Å². The zero-order valence-electron chi connectivity index (χ0n) is 7.89. The molecule has 1 radical (unpaired) electrons. The smallest absolute Gasteiger partial charge is 0.123 e. The Morgan fingerprint density at radius 3 is 2.77 bits per heavy atom. The predicted molar refractivity (Wildman–Crippen MR) is 52.0 cm³/mol. The Balaban J connectivity index is 2.78. The van der Waals surface area contributed by atoms with Crippen LogP contribution in [0.2, 0.25) is 0 Å². The molecule has 0 aliphatic heterocycles. The summed E-state index contributed by atoms with van der Waals surface area (Å²) in [5, 5.41) is 0. The maximum absolute atomic E-state index is 12.8. The van der Waals surface area contributed by atoms with Crippen LogP contribution >= 0.6 is 0 Å². The lowest BCUT2D eigenvalue weighted by molar-refractivity contribution is 0.594. The molecule has 0 heterocycles. The first-order chi connectivity index (χ1) is 6.27. The molecule has 1 rings (SSSR count). The van der Waals surface area contributed by atoms with Gasteiger partial charge in [-0.15, -0.1) is 0 Å². The van der Waals surface area contributed by atoms with Gasteiger partial charge >= 0.3 is 0 Å². The molecule has 71 valence electrons. The van der Waals surface area contributed by atoms with Gasteiger partial charge in [0.2, 0.25) is 0 Å². The van der Waals surface area contributed by atoms with Crippen LogP contribution in [0.25, 0.3) is 0 Å². The van der Waals surface area contributed by atoms with E-state index in [9.17, 15) is 4.39 Å². The van der Waals surface area contributed by atoms with Gasteiger partial charge in [-0.2, -0.15) is 0 Å². The van der Waals surface area contributed by atoms with Crippen LogP contribution in [0.15, 0.2) is 24.3 Å². The summed E-state index contributed by atoms with van der Waals surface area (Å²) in [5.74, 6) is -0.00671. The molecule has 0 aliphatic carbocycles. The van der Waals surface area contributed by atoms with E-state index < -0.39 is 0 Å². The van der Waals surface area contributed by atoms with Crippen molar-refractivity contribution >= 4 is 0 Å². The van der Waals surface area contributed by atoms with Crippen LogP contribution in [0.4, 0.5) is 4.39 Å². The van der Waals surface area contributed by atoms with Gasteiger partial charge in [-0.25, -0.2) is 4.39 Å². The fourth-order valence-corrected chi connectivity index (χ4v) is 1.50. The van der Waals surface area contributed by atoms with Crippen LogP contribution in [-0.4, -0.2) is 6.54 Å². The third-order valence-corrected chi connectivity index (χ3v) is 2.20. The minimum absolute atomic E-state index is 0.195. The maximum Gasteiger partial charge on any atom is 0.123 e. The normalized spacial score (nSPS) is 12.8. The number of halogens is 1. The van der Waals surface area contributed by atoms with Gasteiger partial charge in [0.1, 0.15) is 5.82 Å². The molecule has 2 heteroatoms. The molecule has 0 amide bonds. The third-order valence-electron chi connectivity index (χ3n) is 2.20. The van der Waals surface area contributed by atoms with Crippen molar-refractivity contribution in [2.45, 2.75) is 25.7 Å². The first-order valence-electron chi connectivity index (χ1n) is 4.68. The molecule has 13 heavy (non-hydrogen) atoms. The van der Waals surface area contributed by atoms with Crippen molar-refractivity contribution in [3.8, 4) is 0 Å². The lowest BCUT2D eigenvalue weighted by Crippen LogP contribution is -2.05. The van der Waals surface area contributed by atoms with Gasteiger partial charge in [-0.05, 0) is 30.0 Å². The Bertz CT molecular complexity index is 260. The van der Waals surface area contributed by atoms with Crippen molar-refractivity contribution in [2.24, 2.45) is 0 Å². The highest BCUT2D eigenvalue weighted by Crippen LogP contribution is 2.20. The largest absolute Gasteiger partial charge is 0.257 e. The summed E-state index contributed by atoms with van der Waals surface area (Å²) in [4.78, 5) is 0. The van der Waals surface area contributed by atoms with E-state index in [4.69, 9.17) is 5.73 Å². The molecule has 1 aromatic rings. The Kier molecular flexibility index (Phi) is 3.90. The van der Waals surface area contributed by atoms with Crippen LogP contribution < -0.4 is 5.73 Å². The molecule has 0 saturated carbocycles. The second kappa shape index (κ2) is 4.97. The van der Waals surface area contributed by atoms with Crippen LogP contribution in [0.3, 0.4) is 0 Å². The number of hydrogen-bond acceptors (Lipinski definition) is 0. The van der Waals surface area contributed by atoms with Crippen LogP contribution in [0.5, 0.6) is 0 Å². The summed E-state index contributed by atoms with van der Waals surface area (Å²) in [7, 11) is 0. The molecular formula is C11H15FN. The Morgan fingerprint density at radius 1 is 1.46 bits per heavy atom. The van der Waals surface area contributed by atoms with Crippen LogP contribution in [0, 0.1) is 5.82 Å². The molecule has 0 saturated heterocycles. The van der Waals surface area contributed by atoms with Crippen molar-refractivity contribution < 1.29 is 4.39 Å². The summed E-state index contributed by atoms with van der Waals surface area (Å²) in [6.07, 6.45) is 2.01. The highest BCUT2D eigenvalue weighted by Gasteiger charge is 2.08. The predicted octanol–water partition coefficient (Wildman–Crippen LogP) is 2.99. The second-order valence-electron chi connectivity index (χ2n) is 3.24. The number of rotatable bonds is 4. The summed E-state index contributed by atoms with van der Waals surface area (Å²) >= 11 is 0. The lowest BCUT2D eigenvalue weighted by Gasteiger charge is -2.13. The van der Waals surface area contributed by atoms with Gasteiger partial charge < -0.3 is 0 Å². The van der Waals surface area contributed by atoms with Crippen molar-refractivity contribution in [3.05, 3.63) is 35.6 Å². The van der Waals surface area contributed by atoms with E-state index in [-0.39, 0.29) is 11.7 Å². The van der Waals surface area contributed by atoms with Crippen molar-refractivity contribution in [1.82, 2.24) is 5.73 Å². The van der Waals surface area contributed by atoms with E-state index in [0.717, 1.165) is 18.4 Å². The van der Waals surface area contributed by atoms with Gasteiger partial charge in [-0.1, -0.05) is 25.5 Å². The van der Waals surface area contributed by atoms with E-state index in [2.05, 4.69) is 6.92 Å². The van der Waals surface area contributed by atoms with E-state index >= 15 is 0 Å². The SMILES string of the molecule is CCCC(C[NH])c1cccc(F)c1. The molecule has 1 nitrogen and oxygen atoms in total. The van der Waals surface area contributed by atoms with Gasteiger partial charge in [-0.3, -0.25) is 5.73 Å². The van der Waals surface area contributed by atoms with Crippen LogP contribution in [0.1, 0.15) is 31.2 Å². The fourth-order valence-electron chi connectivity index (χ4n) is 1.50. The van der Waals surface area contributed by atoms with Gasteiger partial charge in [0.05, 0.1) is 0 Å². The zero-order chi connectivity index (χ0) is 9.68. The van der Waals surface area contributed by atoms with Gasteiger partial charge in [0.15, 0.2) is 0 Å². The molecule has 1 unspecified atom stereocenters. The van der Waals surface area contributed by atoms with Crippen molar-refractivity contribution in [3.63, 3.8) is 0 Å². The minimum Gasteiger partial charge on any atom is -0.257 e. The van der Waals surface area contributed by atoms with E-state index in [1.54, 1.807) is 6.07 Å². The highest BCUT2D eigenvalue weighted by atomic mass is 19.1. The second-order valence-corrected chi connectivity index (χ2v) is 3.24. The standard InChI is InChI=1S/C11H15FN/c1-2-4-10(8-13)9-5-3-6-11(12)7-9/h3,5-7,10,13H,2,4,8H2,1H3. The first-order valence-corrected chi connectivity index (χ1v) is 4.68. The molecule has 0 bridgehead atoms. The summed E-state index contributed by atoms with van der Waals surface area (Å²) in [6, 6.07) is 6.59. The molecule has 0 fully saturated rings. The molecule has 1 atom stereocenters. The molecule has 0 spiro atoms. The highest BCUT2D eigenvalue weighted by molar-refractivity contribution is 5.20. The van der Waals surface area contributed by atoms with Gasteiger partial charge in [0, 0.05) is 6.54 Å². The summed E-state index contributed by atoms with van der Waals surface area (Å²) in [6.45, 7) is 2.43. The monoisotopic (exact) mass is 180 g/mol. The zero-order valence-corrected chi connectivity index (χ0v) is 7.89. The topological polar surface area (TPSA) is 23.8 Å². The Morgan fingerprint density at radius 2 is 2.23 bits per heavy atom. The molecule has 1 N–H and O–H groups in total. The Labute approximate surface area is 78.8 Å². The number of hydrogen-bond donors (Lipinski definition) is 0. The molecular weight excluding hydrogens is 165 g/mol. The molecule has 1 aromatic carbocycles. The maximum atomic E-state index is 12.8. The van der Waals surface area contributed by atoms with Crippen LogP contribution in [-0.2, 0) is 0 Å². The average Bonchev–Trinajstić information content (AvgIpc) is 2.14. The fraction of sp³-hybridized carbons (Fsp3) is 0.455. The first kappa shape index (κ1) is 10.2. The van der Waals surface area contributed by atoms with E-state index in [0.29, 0.717) is 6.54 Å². The number of benzene rings is 1. The number of nitrogens with one attached hydrogen (secondary N) is 1. The summed E-state index contributed by atoms with van der Waals surface area (Å²) < 4.78 is 12.8. The summed E-state index contributed by atoms with van der Waals surface area (Å²) in [5.41, 5.74) is 8.30. The van der Waals surface area contributed by atoms with E-state index in [1.807, 2.05) is 6.07 Å². The van der Waals surface area contributed by atoms with Crippen molar-refractivity contribution in [1.29, 1.82) is 0 Å².